The molecule has 0 fully saturated rings. The van der Waals surface area contributed by atoms with Crippen molar-refractivity contribution in [3.05, 3.63) is 91.0 Å². The lowest BCUT2D eigenvalue weighted by atomic mass is 10.3. The van der Waals surface area contributed by atoms with Gasteiger partial charge in [-0.15, -0.1) is 0 Å². The van der Waals surface area contributed by atoms with Gasteiger partial charge in [-0.1, -0.05) is 77.8 Å². The molecular formula is C24H25Cl2NOP+. The normalized spacial score (nSPS) is 11.4. The molecule has 1 amide bonds. The van der Waals surface area contributed by atoms with Gasteiger partial charge in [0.25, 0.3) is 5.91 Å². The van der Waals surface area contributed by atoms with Gasteiger partial charge in [0, 0.05) is 6.54 Å². The molecule has 0 heterocycles. The van der Waals surface area contributed by atoms with Crippen molar-refractivity contribution in [2.45, 2.75) is 17.7 Å². The molecule has 0 aliphatic heterocycles. The third kappa shape index (κ3) is 5.39. The van der Waals surface area contributed by atoms with E-state index in [2.05, 4.69) is 96.3 Å². The van der Waals surface area contributed by atoms with Crippen molar-refractivity contribution < 1.29 is 4.79 Å². The average molecular weight is 445 g/mol. The van der Waals surface area contributed by atoms with Crippen LogP contribution in [0.25, 0.3) is 0 Å². The predicted octanol–water partition coefficient (Wildman–Crippen LogP) is 4.68. The summed E-state index contributed by atoms with van der Waals surface area (Å²) in [7, 11) is -1.80. The molecule has 3 aromatic carbocycles. The van der Waals surface area contributed by atoms with E-state index >= 15 is 0 Å². The van der Waals surface area contributed by atoms with Crippen LogP contribution in [0.2, 0.25) is 0 Å². The maximum absolute atomic E-state index is 11.6. The largest absolute Gasteiger partial charge is 0.354 e. The topological polar surface area (TPSA) is 29.1 Å². The van der Waals surface area contributed by atoms with Gasteiger partial charge in [0.1, 0.15) is 23.2 Å². The van der Waals surface area contributed by atoms with Gasteiger partial charge in [-0.25, -0.2) is 0 Å². The number of nitrogens with one attached hydrogen (secondary N) is 1. The van der Waals surface area contributed by atoms with E-state index in [-0.39, 0.29) is 5.91 Å². The number of alkyl halides is 2. The number of carbonyl (C=O) groups excluding carboxylic acids is 1. The first-order chi connectivity index (χ1) is 14.1. The lowest BCUT2D eigenvalue weighted by molar-refractivity contribution is -0.119. The number of unbranched alkanes of at least 4 members (excludes halogenated alkanes) is 1. The summed E-state index contributed by atoms with van der Waals surface area (Å²) in [5, 5.41) is 6.93. The summed E-state index contributed by atoms with van der Waals surface area (Å²) in [4.78, 5) is 10.6. The molecule has 2 nitrogen and oxygen atoms in total. The number of amides is 1. The van der Waals surface area contributed by atoms with Gasteiger partial charge in [-0.2, -0.15) is 0 Å². The van der Waals surface area contributed by atoms with E-state index in [1.165, 1.54) is 15.9 Å². The van der Waals surface area contributed by atoms with Crippen LogP contribution < -0.4 is 21.2 Å². The van der Waals surface area contributed by atoms with Crippen LogP contribution in [-0.4, -0.2) is 23.5 Å². The van der Waals surface area contributed by atoms with Crippen LogP contribution in [0.1, 0.15) is 12.8 Å². The molecule has 0 unspecified atom stereocenters. The summed E-state index contributed by atoms with van der Waals surface area (Å²) in [5.74, 6) is -0.330. The Morgan fingerprint density at radius 1 is 0.724 bits per heavy atom. The fraction of sp³-hybridized carbons (Fsp3) is 0.208. The van der Waals surface area contributed by atoms with Gasteiger partial charge in [0.15, 0.2) is 4.84 Å². The Labute approximate surface area is 183 Å². The first kappa shape index (κ1) is 21.8. The smallest absolute Gasteiger partial charge is 0.253 e. The van der Waals surface area contributed by atoms with Gasteiger partial charge < -0.3 is 5.32 Å². The highest BCUT2D eigenvalue weighted by atomic mass is 35.5. The molecule has 0 aliphatic rings. The molecule has 0 bridgehead atoms. The van der Waals surface area contributed by atoms with Crippen molar-refractivity contribution in [3.8, 4) is 0 Å². The number of benzene rings is 3. The molecular weight excluding hydrogens is 420 g/mol. The zero-order valence-corrected chi connectivity index (χ0v) is 18.6. The summed E-state index contributed by atoms with van der Waals surface area (Å²) in [6, 6.07) is 32.4. The lowest BCUT2D eigenvalue weighted by Crippen LogP contribution is -2.34. The van der Waals surface area contributed by atoms with Crippen LogP contribution in [0.3, 0.4) is 0 Å². The van der Waals surface area contributed by atoms with E-state index in [1.807, 2.05) is 0 Å². The van der Waals surface area contributed by atoms with Crippen molar-refractivity contribution >= 4 is 52.3 Å². The first-order valence-electron chi connectivity index (χ1n) is 9.75. The predicted molar refractivity (Wildman–Crippen MR) is 128 cm³/mol. The van der Waals surface area contributed by atoms with E-state index in [1.54, 1.807) is 0 Å². The van der Waals surface area contributed by atoms with Crippen LogP contribution in [0.5, 0.6) is 0 Å². The zero-order chi connectivity index (χ0) is 20.5. The van der Waals surface area contributed by atoms with Gasteiger partial charge in [0.05, 0.1) is 6.16 Å². The Morgan fingerprint density at radius 3 is 1.52 bits per heavy atom. The van der Waals surface area contributed by atoms with Crippen molar-refractivity contribution in [1.29, 1.82) is 0 Å². The number of hydrogen-bond acceptors (Lipinski definition) is 1. The summed E-state index contributed by atoms with van der Waals surface area (Å²) in [6.07, 6.45) is 2.90. The minimum atomic E-state index is -1.80. The third-order valence-electron chi connectivity index (χ3n) is 5.01. The standard InChI is InChI=1S/C24H24Cl2NOP/c25-23(26)24(28)27-18-10-11-19-29(20-12-4-1-5-13-20,21-14-6-2-7-15-21)22-16-8-3-9-17-22/h1-9,12-17,23H,10-11,18-19H2/p+1. The molecule has 0 radical (unpaired) electrons. The first-order valence-corrected chi connectivity index (χ1v) is 12.6. The Morgan fingerprint density at radius 2 is 1.14 bits per heavy atom. The molecule has 0 saturated carbocycles. The van der Waals surface area contributed by atoms with Crippen molar-refractivity contribution in [2.75, 3.05) is 12.7 Å². The van der Waals surface area contributed by atoms with Gasteiger partial charge in [-0.3, -0.25) is 4.79 Å². The molecule has 0 aliphatic carbocycles. The van der Waals surface area contributed by atoms with Crippen LogP contribution in [-0.2, 0) is 4.79 Å². The molecule has 150 valence electrons. The number of carbonyl (C=O) groups is 1. The highest BCUT2D eigenvalue weighted by Gasteiger charge is 2.44. The second-order valence-corrected chi connectivity index (χ2v) is 11.6. The average Bonchev–Trinajstić information content (AvgIpc) is 2.78. The van der Waals surface area contributed by atoms with Crippen molar-refractivity contribution in [1.82, 2.24) is 5.32 Å². The quantitative estimate of drug-likeness (QED) is 0.289. The van der Waals surface area contributed by atoms with Crippen molar-refractivity contribution in [2.24, 2.45) is 0 Å². The summed E-state index contributed by atoms with van der Waals surface area (Å²) >= 11 is 11.2. The Kier molecular flexibility index (Phi) is 8.12. The minimum absolute atomic E-state index is 0.330. The molecule has 3 aromatic rings. The molecule has 0 spiro atoms. The summed E-state index contributed by atoms with van der Waals surface area (Å²) in [5.41, 5.74) is 0. The van der Waals surface area contributed by atoms with E-state index in [4.69, 9.17) is 23.2 Å². The Hall–Kier alpha value is -1.86. The number of hydrogen-bond donors (Lipinski definition) is 1. The van der Waals surface area contributed by atoms with Gasteiger partial charge in [0.2, 0.25) is 0 Å². The molecule has 3 rings (SSSR count). The van der Waals surface area contributed by atoms with Crippen LogP contribution in [0.4, 0.5) is 0 Å². The molecule has 0 aromatic heterocycles. The third-order valence-corrected chi connectivity index (χ3v) is 9.93. The van der Waals surface area contributed by atoms with E-state index in [0.717, 1.165) is 19.0 Å². The monoisotopic (exact) mass is 444 g/mol. The number of rotatable bonds is 9. The molecule has 5 heteroatoms. The summed E-state index contributed by atoms with van der Waals surface area (Å²) in [6.45, 7) is 0.577. The SMILES string of the molecule is O=C(NCCCC[P+](c1ccccc1)(c1ccccc1)c1ccccc1)C(Cl)Cl. The van der Waals surface area contributed by atoms with Gasteiger partial charge in [-0.05, 0) is 49.2 Å². The van der Waals surface area contributed by atoms with Gasteiger partial charge >= 0.3 is 0 Å². The van der Waals surface area contributed by atoms with Crippen molar-refractivity contribution in [3.63, 3.8) is 0 Å². The molecule has 0 saturated heterocycles. The van der Waals surface area contributed by atoms with Crippen LogP contribution in [0, 0.1) is 0 Å². The molecule has 29 heavy (non-hydrogen) atoms. The second kappa shape index (κ2) is 10.8. The van der Waals surface area contributed by atoms with E-state index in [0.29, 0.717) is 6.54 Å². The Bertz CT molecular complexity index is 792. The zero-order valence-electron chi connectivity index (χ0n) is 16.2. The van der Waals surface area contributed by atoms with E-state index in [9.17, 15) is 4.79 Å². The summed E-state index contributed by atoms with van der Waals surface area (Å²) < 4.78 is 0. The highest BCUT2D eigenvalue weighted by Crippen LogP contribution is 2.55. The Balaban J connectivity index is 1.92. The molecule has 1 N–H and O–H groups in total. The fourth-order valence-electron chi connectivity index (χ4n) is 3.64. The minimum Gasteiger partial charge on any atom is -0.354 e. The van der Waals surface area contributed by atoms with Crippen LogP contribution in [0.15, 0.2) is 91.0 Å². The fourth-order valence-corrected chi connectivity index (χ4v) is 8.21. The van der Waals surface area contributed by atoms with Crippen LogP contribution >= 0.6 is 30.5 Å². The number of halogens is 2. The lowest BCUT2D eigenvalue weighted by Gasteiger charge is -2.27. The molecule has 0 atom stereocenters. The van der Waals surface area contributed by atoms with E-state index < -0.39 is 12.1 Å². The second-order valence-electron chi connectivity index (χ2n) is 6.84. The maximum Gasteiger partial charge on any atom is 0.253 e. The maximum atomic E-state index is 11.6. The highest BCUT2D eigenvalue weighted by molar-refractivity contribution is 7.95.